The molecule has 1 amide bonds. The maximum absolute atomic E-state index is 15.1. The summed E-state index contributed by atoms with van der Waals surface area (Å²) in [6.45, 7) is 3.64. The molecule has 1 saturated heterocycles. The second-order valence-corrected chi connectivity index (χ2v) is 11.3. The van der Waals surface area contributed by atoms with Crippen LogP contribution in [-0.2, 0) is 15.3 Å². The van der Waals surface area contributed by atoms with Crippen LogP contribution in [0.2, 0.25) is 5.02 Å². The van der Waals surface area contributed by atoms with Gasteiger partial charge in [-0.05, 0) is 43.2 Å². The van der Waals surface area contributed by atoms with E-state index in [2.05, 4.69) is 10.2 Å². The number of hydrogen-bond acceptors (Lipinski definition) is 7. The summed E-state index contributed by atoms with van der Waals surface area (Å²) in [5.74, 6) is -2.29. The Hall–Kier alpha value is -3.53. The molecular formula is C28H21ClFN3O3S2. The molecule has 1 aliphatic heterocycles. The zero-order valence-electron chi connectivity index (χ0n) is 20.3. The second-order valence-electron chi connectivity index (χ2n) is 8.74. The lowest BCUT2D eigenvalue weighted by Gasteiger charge is -2.23. The first-order valence-corrected chi connectivity index (χ1v) is 13.8. The van der Waals surface area contributed by atoms with Crippen molar-refractivity contribution < 1.29 is 19.1 Å². The maximum Gasteiger partial charge on any atom is 0.301 e. The summed E-state index contributed by atoms with van der Waals surface area (Å²) in [4.78, 5) is 27.8. The van der Waals surface area contributed by atoms with Gasteiger partial charge in [-0.2, -0.15) is 0 Å². The van der Waals surface area contributed by atoms with Gasteiger partial charge in [-0.15, -0.1) is 10.2 Å². The Bertz CT molecular complexity index is 1600. The molecule has 1 unspecified atom stereocenters. The number of aryl methyl sites for hydroxylation is 2. The Morgan fingerprint density at radius 3 is 2.58 bits per heavy atom. The molecule has 1 fully saturated rings. The first kappa shape index (κ1) is 26.1. The number of ketones is 1. The number of aromatic nitrogens is 2. The van der Waals surface area contributed by atoms with E-state index in [4.69, 9.17) is 11.6 Å². The highest BCUT2D eigenvalue weighted by Crippen LogP contribution is 2.45. The van der Waals surface area contributed by atoms with Gasteiger partial charge < -0.3 is 5.11 Å². The lowest BCUT2D eigenvalue weighted by atomic mass is 9.93. The molecule has 2 heterocycles. The summed E-state index contributed by atoms with van der Waals surface area (Å²) >= 11 is 8.74. The Labute approximate surface area is 231 Å². The predicted octanol–water partition coefficient (Wildman–Crippen LogP) is 6.87. The zero-order valence-corrected chi connectivity index (χ0v) is 22.7. The van der Waals surface area contributed by atoms with Gasteiger partial charge in [-0.3, -0.25) is 14.5 Å². The van der Waals surface area contributed by atoms with Gasteiger partial charge in [0.2, 0.25) is 5.13 Å². The number of aliphatic hydroxyl groups excluding tert-OH is 1. The molecule has 0 saturated carbocycles. The average molecular weight is 566 g/mol. The number of aliphatic hydroxyl groups is 1. The number of carbonyl (C=O) groups is 2. The van der Waals surface area contributed by atoms with Crippen molar-refractivity contribution in [3.8, 4) is 0 Å². The average Bonchev–Trinajstić information content (AvgIpc) is 3.47. The summed E-state index contributed by atoms with van der Waals surface area (Å²) in [6, 6.07) is 17.5. The van der Waals surface area contributed by atoms with Gasteiger partial charge in [-0.1, -0.05) is 88.8 Å². The van der Waals surface area contributed by atoms with Gasteiger partial charge in [0.1, 0.15) is 17.6 Å². The summed E-state index contributed by atoms with van der Waals surface area (Å²) in [7, 11) is 0. The van der Waals surface area contributed by atoms with Gasteiger partial charge in [0, 0.05) is 21.9 Å². The van der Waals surface area contributed by atoms with Crippen molar-refractivity contribution in [2.24, 2.45) is 0 Å². The van der Waals surface area contributed by atoms with Crippen LogP contribution in [0, 0.1) is 19.7 Å². The van der Waals surface area contributed by atoms with E-state index in [1.807, 2.05) is 37.3 Å². The number of thioether (sulfide) groups is 1. The van der Waals surface area contributed by atoms with E-state index in [0.717, 1.165) is 27.4 Å². The molecular weight excluding hydrogens is 545 g/mol. The minimum atomic E-state index is -1.22. The molecule has 1 atom stereocenters. The zero-order chi connectivity index (χ0) is 27.0. The molecule has 4 aromatic rings. The quantitative estimate of drug-likeness (QED) is 0.0903. The SMILES string of the molecule is Cc1ccc(C)c(/C(O)=C2\C(=O)C(=O)N(c3nnc(SCc4ccccc4Cl)s3)C2c2ccccc2F)c1. The molecule has 1 N–H and O–H groups in total. The summed E-state index contributed by atoms with van der Waals surface area (Å²) < 4.78 is 15.7. The van der Waals surface area contributed by atoms with Crippen molar-refractivity contribution in [3.05, 3.63) is 111 Å². The molecule has 10 heteroatoms. The minimum Gasteiger partial charge on any atom is -0.507 e. The summed E-state index contributed by atoms with van der Waals surface area (Å²) in [5, 5.41) is 20.4. The van der Waals surface area contributed by atoms with E-state index < -0.39 is 23.5 Å². The number of hydrogen-bond donors (Lipinski definition) is 1. The van der Waals surface area contributed by atoms with Crippen LogP contribution in [0.3, 0.4) is 0 Å². The van der Waals surface area contributed by atoms with Gasteiger partial charge in [0.25, 0.3) is 5.78 Å². The first-order chi connectivity index (χ1) is 18.3. The largest absolute Gasteiger partial charge is 0.507 e. The van der Waals surface area contributed by atoms with Crippen LogP contribution in [0.25, 0.3) is 5.76 Å². The lowest BCUT2D eigenvalue weighted by molar-refractivity contribution is -0.132. The van der Waals surface area contributed by atoms with Crippen LogP contribution in [0.4, 0.5) is 9.52 Å². The molecule has 3 aromatic carbocycles. The van der Waals surface area contributed by atoms with Crippen LogP contribution in [0.5, 0.6) is 0 Å². The Kier molecular flexibility index (Phi) is 7.34. The Morgan fingerprint density at radius 2 is 1.82 bits per heavy atom. The van der Waals surface area contributed by atoms with Crippen molar-refractivity contribution in [3.63, 3.8) is 0 Å². The topological polar surface area (TPSA) is 83.4 Å². The van der Waals surface area contributed by atoms with Crippen LogP contribution in [0.15, 0.2) is 76.6 Å². The van der Waals surface area contributed by atoms with E-state index >= 15 is 4.39 Å². The smallest absolute Gasteiger partial charge is 0.301 e. The third-order valence-electron chi connectivity index (χ3n) is 6.20. The summed E-state index contributed by atoms with van der Waals surface area (Å²) in [5.41, 5.74) is 2.75. The van der Waals surface area contributed by atoms with Gasteiger partial charge in [-0.25, -0.2) is 4.39 Å². The lowest BCUT2D eigenvalue weighted by Crippen LogP contribution is -2.29. The molecule has 1 aliphatic rings. The van der Waals surface area contributed by atoms with Crippen LogP contribution >= 0.6 is 34.7 Å². The van der Waals surface area contributed by atoms with Crippen molar-refractivity contribution in [1.29, 1.82) is 0 Å². The molecule has 0 radical (unpaired) electrons. The number of nitrogens with zero attached hydrogens (tertiary/aromatic N) is 3. The van der Waals surface area contributed by atoms with Crippen LogP contribution in [0.1, 0.15) is 33.9 Å². The van der Waals surface area contributed by atoms with E-state index in [-0.39, 0.29) is 22.0 Å². The molecule has 38 heavy (non-hydrogen) atoms. The molecule has 0 aliphatic carbocycles. The standard InChI is InChI=1S/C28H21ClFN3O3S2/c1-15-11-12-16(2)19(13-15)24(34)22-23(18-8-4-6-10-21(18)30)33(26(36)25(22)35)27-31-32-28(38-27)37-14-17-7-3-5-9-20(17)29/h3-13,23,34H,14H2,1-2H3/b24-22+. The monoisotopic (exact) mass is 565 g/mol. The van der Waals surface area contributed by atoms with Crippen molar-refractivity contribution in [1.82, 2.24) is 10.2 Å². The molecule has 192 valence electrons. The number of halogens is 2. The number of anilines is 1. The van der Waals surface area contributed by atoms with E-state index in [1.54, 1.807) is 25.1 Å². The number of Topliss-reactive ketones (excluding diaryl/α,β-unsaturated/α-hetero) is 1. The third kappa shape index (κ3) is 4.84. The molecule has 0 spiro atoms. The highest BCUT2D eigenvalue weighted by molar-refractivity contribution is 8.00. The van der Waals surface area contributed by atoms with E-state index in [0.29, 0.717) is 26.2 Å². The van der Waals surface area contributed by atoms with E-state index in [1.165, 1.54) is 30.0 Å². The fourth-order valence-electron chi connectivity index (χ4n) is 4.27. The second kappa shape index (κ2) is 10.7. The van der Waals surface area contributed by atoms with Gasteiger partial charge in [0.15, 0.2) is 4.34 Å². The molecule has 6 nitrogen and oxygen atoms in total. The Balaban J connectivity index is 1.58. The van der Waals surface area contributed by atoms with Crippen LogP contribution < -0.4 is 4.90 Å². The normalized spacial score (nSPS) is 16.8. The van der Waals surface area contributed by atoms with Crippen molar-refractivity contribution >= 4 is 57.3 Å². The summed E-state index contributed by atoms with van der Waals surface area (Å²) in [6.07, 6.45) is 0. The minimum absolute atomic E-state index is 0.0685. The fraction of sp³-hybridized carbons (Fsp3) is 0.143. The molecule has 5 rings (SSSR count). The molecule has 0 bridgehead atoms. The highest BCUT2D eigenvalue weighted by Gasteiger charge is 2.49. The maximum atomic E-state index is 15.1. The number of carbonyl (C=O) groups excluding carboxylic acids is 2. The van der Waals surface area contributed by atoms with Gasteiger partial charge >= 0.3 is 5.91 Å². The van der Waals surface area contributed by atoms with Gasteiger partial charge in [0.05, 0.1) is 5.57 Å². The Morgan fingerprint density at radius 1 is 1.08 bits per heavy atom. The van der Waals surface area contributed by atoms with Crippen molar-refractivity contribution in [2.45, 2.75) is 30.0 Å². The molecule has 1 aromatic heterocycles. The number of amides is 1. The van der Waals surface area contributed by atoms with E-state index in [9.17, 15) is 14.7 Å². The third-order valence-corrected chi connectivity index (χ3v) is 8.68. The predicted molar refractivity (Wildman–Crippen MR) is 148 cm³/mol. The highest BCUT2D eigenvalue weighted by atomic mass is 35.5. The fourth-order valence-corrected chi connectivity index (χ4v) is 6.42. The number of benzene rings is 3. The number of rotatable bonds is 6. The first-order valence-electron chi connectivity index (χ1n) is 11.6. The van der Waals surface area contributed by atoms with Crippen molar-refractivity contribution in [2.75, 3.05) is 4.90 Å². The van der Waals surface area contributed by atoms with Crippen LogP contribution in [-0.4, -0.2) is 27.0 Å².